The molecule has 20 heavy (non-hydrogen) atoms. The summed E-state index contributed by atoms with van der Waals surface area (Å²) in [6.45, 7) is 2.64. The molecule has 0 aliphatic heterocycles. The molecule has 0 spiro atoms. The number of halogens is 1. The van der Waals surface area contributed by atoms with Gasteiger partial charge in [0.25, 0.3) is 0 Å². The summed E-state index contributed by atoms with van der Waals surface area (Å²) in [4.78, 5) is 11.9. The number of rotatable bonds is 8. The molecule has 112 valence electrons. The number of hydrogen-bond donors (Lipinski definition) is 2. The maximum absolute atomic E-state index is 11.9. The predicted octanol–water partition coefficient (Wildman–Crippen LogP) is 3.15. The van der Waals surface area contributed by atoms with Crippen LogP contribution in [0, 0.1) is 0 Å². The van der Waals surface area contributed by atoms with Gasteiger partial charge in [-0.3, -0.25) is 4.79 Å². The number of ether oxygens (including phenoxy) is 1. The molecule has 0 saturated carbocycles. The molecular formula is C14H21ClN2O2S. The molecule has 1 aromatic carbocycles. The third kappa shape index (κ3) is 5.61. The SMILES string of the molecule is CCCOc1ccc(NC(=O)[C@H](N)CCSC)cc1Cl. The fraction of sp³-hybridized carbons (Fsp3) is 0.500. The molecule has 1 amide bonds. The van der Waals surface area contributed by atoms with E-state index in [-0.39, 0.29) is 5.91 Å². The number of anilines is 1. The number of thioether (sulfide) groups is 1. The molecule has 1 aromatic rings. The summed E-state index contributed by atoms with van der Waals surface area (Å²) in [6.07, 6.45) is 3.55. The molecule has 0 saturated heterocycles. The van der Waals surface area contributed by atoms with Gasteiger partial charge in [-0.05, 0) is 43.0 Å². The summed E-state index contributed by atoms with van der Waals surface area (Å²) in [5, 5.41) is 3.24. The lowest BCUT2D eigenvalue weighted by molar-refractivity contribution is -0.117. The van der Waals surface area contributed by atoms with Gasteiger partial charge >= 0.3 is 0 Å². The highest BCUT2D eigenvalue weighted by molar-refractivity contribution is 7.98. The van der Waals surface area contributed by atoms with E-state index in [1.807, 2.05) is 13.2 Å². The van der Waals surface area contributed by atoms with Crippen LogP contribution in [0.15, 0.2) is 18.2 Å². The monoisotopic (exact) mass is 316 g/mol. The molecule has 4 nitrogen and oxygen atoms in total. The number of amides is 1. The molecule has 6 heteroatoms. The van der Waals surface area contributed by atoms with Gasteiger partial charge in [0.1, 0.15) is 5.75 Å². The van der Waals surface area contributed by atoms with Crippen molar-refractivity contribution in [3.8, 4) is 5.75 Å². The van der Waals surface area contributed by atoms with Gasteiger partial charge in [0.05, 0.1) is 17.7 Å². The molecule has 0 bridgehead atoms. The molecule has 0 aromatic heterocycles. The second-order valence-corrected chi connectivity index (χ2v) is 5.76. The van der Waals surface area contributed by atoms with Gasteiger partial charge in [0.2, 0.25) is 5.91 Å². The first kappa shape index (κ1) is 17.1. The molecular weight excluding hydrogens is 296 g/mol. The molecule has 3 N–H and O–H groups in total. The minimum absolute atomic E-state index is 0.197. The molecule has 1 atom stereocenters. The fourth-order valence-electron chi connectivity index (χ4n) is 1.52. The smallest absolute Gasteiger partial charge is 0.241 e. The minimum atomic E-state index is -0.503. The van der Waals surface area contributed by atoms with Gasteiger partial charge in [0, 0.05) is 5.69 Å². The van der Waals surface area contributed by atoms with Crippen LogP contribution in [0.25, 0.3) is 0 Å². The summed E-state index contributed by atoms with van der Waals surface area (Å²) in [6, 6.07) is 4.68. The molecule has 0 aliphatic rings. The highest BCUT2D eigenvalue weighted by Gasteiger charge is 2.13. The van der Waals surface area contributed by atoms with Crippen LogP contribution in [0.3, 0.4) is 0 Å². The largest absolute Gasteiger partial charge is 0.492 e. The molecule has 1 rings (SSSR count). The van der Waals surface area contributed by atoms with Gasteiger partial charge in [0.15, 0.2) is 0 Å². The summed E-state index contributed by atoms with van der Waals surface area (Å²) in [5.41, 5.74) is 6.43. The number of nitrogens with two attached hydrogens (primary N) is 1. The minimum Gasteiger partial charge on any atom is -0.492 e. The molecule has 0 aliphatic carbocycles. The number of carbonyl (C=O) groups is 1. The average molecular weight is 317 g/mol. The van der Waals surface area contributed by atoms with Crippen molar-refractivity contribution in [1.29, 1.82) is 0 Å². The van der Waals surface area contributed by atoms with E-state index in [0.717, 1.165) is 12.2 Å². The summed E-state index contributed by atoms with van der Waals surface area (Å²) in [7, 11) is 0. The van der Waals surface area contributed by atoms with Crippen molar-refractivity contribution in [2.24, 2.45) is 5.73 Å². The standard InChI is InChI=1S/C14H21ClN2O2S/c1-3-7-19-13-5-4-10(9-11(13)15)17-14(18)12(16)6-8-20-2/h4-5,9,12H,3,6-8,16H2,1-2H3,(H,17,18)/t12-/m1/s1. The Bertz CT molecular complexity index is 443. The summed E-state index contributed by atoms with van der Waals surface area (Å²) >= 11 is 7.77. The number of hydrogen-bond acceptors (Lipinski definition) is 4. The van der Waals surface area contributed by atoms with Crippen LogP contribution in [0.1, 0.15) is 19.8 Å². The molecule has 0 heterocycles. The summed E-state index contributed by atoms with van der Waals surface area (Å²) < 4.78 is 5.47. The predicted molar refractivity (Wildman–Crippen MR) is 86.8 cm³/mol. The lowest BCUT2D eigenvalue weighted by Gasteiger charge is -2.13. The third-order valence-electron chi connectivity index (χ3n) is 2.63. The van der Waals surface area contributed by atoms with Crippen LogP contribution >= 0.6 is 23.4 Å². The van der Waals surface area contributed by atoms with E-state index >= 15 is 0 Å². The Balaban J connectivity index is 2.60. The van der Waals surface area contributed by atoms with Crippen LogP contribution in [-0.4, -0.2) is 30.6 Å². The second kappa shape index (κ2) is 9.10. The van der Waals surface area contributed by atoms with Crippen LogP contribution < -0.4 is 15.8 Å². The van der Waals surface area contributed by atoms with Gasteiger partial charge in [-0.1, -0.05) is 18.5 Å². The van der Waals surface area contributed by atoms with Gasteiger partial charge in [-0.15, -0.1) is 0 Å². The van der Waals surface area contributed by atoms with E-state index in [4.69, 9.17) is 22.1 Å². The zero-order chi connectivity index (χ0) is 15.0. The topological polar surface area (TPSA) is 64.3 Å². The van der Waals surface area contributed by atoms with E-state index in [9.17, 15) is 4.79 Å². The van der Waals surface area contributed by atoms with Crippen LogP contribution in [0.4, 0.5) is 5.69 Å². The first-order chi connectivity index (χ1) is 9.58. The van der Waals surface area contributed by atoms with Crippen molar-refractivity contribution in [1.82, 2.24) is 0 Å². The average Bonchev–Trinajstić information content (AvgIpc) is 2.43. The van der Waals surface area contributed by atoms with Crippen molar-refractivity contribution in [3.05, 3.63) is 23.2 Å². The van der Waals surface area contributed by atoms with Gasteiger partial charge in [-0.25, -0.2) is 0 Å². The Hall–Kier alpha value is -0.910. The zero-order valence-electron chi connectivity index (χ0n) is 11.8. The van der Waals surface area contributed by atoms with Crippen molar-refractivity contribution >= 4 is 35.0 Å². The molecule has 0 unspecified atom stereocenters. The maximum atomic E-state index is 11.9. The Kier molecular flexibility index (Phi) is 7.80. The van der Waals surface area contributed by atoms with Crippen molar-refractivity contribution in [2.45, 2.75) is 25.8 Å². The van der Waals surface area contributed by atoms with E-state index in [0.29, 0.717) is 29.5 Å². The molecule has 0 radical (unpaired) electrons. The second-order valence-electron chi connectivity index (χ2n) is 4.37. The number of benzene rings is 1. The Labute approximate surface area is 129 Å². The summed E-state index contributed by atoms with van der Waals surface area (Å²) in [5.74, 6) is 1.29. The quantitative estimate of drug-likeness (QED) is 0.773. The lowest BCUT2D eigenvalue weighted by Crippen LogP contribution is -2.36. The fourth-order valence-corrected chi connectivity index (χ4v) is 2.24. The van der Waals surface area contributed by atoms with Crippen LogP contribution in [-0.2, 0) is 4.79 Å². The van der Waals surface area contributed by atoms with E-state index in [1.165, 1.54) is 0 Å². The highest BCUT2D eigenvalue weighted by atomic mass is 35.5. The lowest BCUT2D eigenvalue weighted by atomic mass is 10.2. The van der Waals surface area contributed by atoms with E-state index in [2.05, 4.69) is 5.32 Å². The first-order valence-electron chi connectivity index (χ1n) is 6.56. The van der Waals surface area contributed by atoms with E-state index in [1.54, 1.807) is 30.0 Å². The van der Waals surface area contributed by atoms with E-state index < -0.39 is 6.04 Å². The van der Waals surface area contributed by atoms with Crippen molar-refractivity contribution in [3.63, 3.8) is 0 Å². The van der Waals surface area contributed by atoms with Crippen molar-refractivity contribution < 1.29 is 9.53 Å². The van der Waals surface area contributed by atoms with Crippen molar-refractivity contribution in [2.75, 3.05) is 23.9 Å². The third-order valence-corrected chi connectivity index (χ3v) is 3.57. The normalized spacial score (nSPS) is 12.0. The van der Waals surface area contributed by atoms with Gasteiger partial charge in [-0.2, -0.15) is 11.8 Å². The zero-order valence-corrected chi connectivity index (χ0v) is 13.4. The Morgan fingerprint density at radius 3 is 2.90 bits per heavy atom. The first-order valence-corrected chi connectivity index (χ1v) is 8.33. The highest BCUT2D eigenvalue weighted by Crippen LogP contribution is 2.27. The van der Waals surface area contributed by atoms with Crippen LogP contribution in [0.5, 0.6) is 5.75 Å². The maximum Gasteiger partial charge on any atom is 0.241 e. The number of nitrogens with one attached hydrogen (secondary N) is 1. The van der Waals surface area contributed by atoms with Crippen LogP contribution in [0.2, 0.25) is 5.02 Å². The Morgan fingerprint density at radius 1 is 1.55 bits per heavy atom. The Morgan fingerprint density at radius 2 is 2.30 bits per heavy atom. The number of carbonyl (C=O) groups excluding carboxylic acids is 1. The van der Waals surface area contributed by atoms with Gasteiger partial charge < -0.3 is 15.8 Å². The molecule has 0 fully saturated rings.